The highest BCUT2D eigenvalue weighted by Crippen LogP contribution is 2.30. The van der Waals surface area contributed by atoms with Gasteiger partial charge in [0.1, 0.15) is 11.5 Å². The Kier molecular flexibility index (Phi) is 8.89. The van der Waals surface area contributed by atoms with Crippen molar-refractivity contribution < 1.29 is 14.3 Å². The van der Waals surface area contributed by atoms with Gasteiger partial charge in [-0.2, -0.15) is 0 Å². The van der Waals surface area contributed by atoms with Crippen molar-refractivity contribution in [3.8, 4) is 17.2 Å². The monoisotopic (exact) mass is 580 g/mol. The summed E-state index contributed by atoms with van der Waals surface area (Å²) in [6, 6.07) is 23.1. The van der Waals surface area contributed by atoms with Crippen LogP contribution in [-0.2, 0) is 4.79 Å². The van der Waals surface area contributed by atoms with Gasteiger partial charge in [0.05, 0.1) is 12.9 Å². The van der Waals surface area contributed by atoms with E-state index in [1.807, 2.05) is 84.3 Å². The number of nitrogens with zero attached hydrogens (tertiary/aromatic N) is 3. The number of amides is 1. The minimum Gasteiger partial charge on any atom is -0.497 e. The summed E-state index contributed by atoms with van der Waals surface area (Å²) >= 11 is 4.84. The molecule has 0 radical (unpaired) electrons. The molecule has 0 aliphatic carbocycles. The van der Waals surface area contributed by atoms with Gasteiger partial charge in [0.25, 0.3) is 0 Å². The van der Waals surface area contributed by atoms with Crippen molar-refractivity contribution in [3.63, 3.8) is 0 Å². The number of carbonyl (C=O) groups excluding carboxylic acids is 1. The van der Waals surface area contributed by atoms with E-state index in [9.17, 15) is 4.79 Å². The predicted octanol–water partition coefficient (Wildman–Crippen LogP) is 7.03. The summed E-state index contributed by atoms with van der Waals surface area (Å²) < 4.78 is 14.3. The van der Waals surface area contributed by atoms with E-state index >= 15 is 0 Å². The predicted molar refractivity (Wildman–Crippen MR) is 151 cm³/mol. The van der Waals surface area contributed by atoms with Gasteiger partial charge in [-0.05, 0) is 73.0 Å². The molecule has 192 valence electrons. The largest absolute Gasteiger partial charge is 0.497 e. The number of methoxy groups -OCH3 is 1. The number of anilines is 1. The molecule has 0 saturated heterocycles. The van der Waals surface area contributed by atoms with Crippen molar-refractivity contribution in [2.45, 2.75) is 37.9 Å². The number of rotatable bonds is 10. The summed E-state index contributed by atoms with van der Waals surface area (Å²) in [6.07, 6.45) is -0.388. The molecule has 1 amide bonds. The van der Waals surface area contributed by atoms with Gasteiger partial charge in [-0.1, -0.05) is 59.7 Å². The van der Waals surface area contributed by atoms with E-state index in [0.717, 1.165) is 27.2 Å². The minimum absolute atomic E-state index is 0.110. The van der Waals surface area contributed by atoms with Crippen LogP contribution in [0.2, 0.25) is 0 Å². The van der Waals surface area contributed by atoms with Crippen LogP contribution in [-0.4, -0.2) is 33.5 Å². The lowest BCUT2D eigenvalue weighted by molar-refractivity contribution is -0.113. The lowest BCUT2D eigenvalue weighted by Gasteiger charge is -2.17. The Morgan fingerprint density at radius 2 is 1.70 bits per heavy atom. The summed E-state index contributed by atoms with van der Waals surface area (Å²) in [5.41, 5.74) is 2.79. The number of carbonyl (C=O) groups is 1. The van der Waals surface area contributed by atoms with Gasteiger partial charge in [0.15, 0.2) is 17.1 Å². The first kappa shape index (κ1) is 26.8. The first-order chi connectivity index (χ1) is 17.9. The van der Waals surface area contributed by atoms with Gasteiger partial charge in [0, 0.05) is 15.8 Å². The van der Waals surface area contributed by atoms with Crippen LogP contribution in [0.3, 0.4) is 0 Å². The maximum atomic E-state index is 12.9. The number of ether oxygens (including phenoxy) is 2. The first-order valence-corrected chi connectivity index (χ1v) is 13.7. The molecular formula is C28H29BrN4O3S. The number of aromatic nitrogens is 3. The molecule has 1 N–H and O–H groups in total. The molecule has 4 aromatic rings. The van der Waals surface area contributed by atoms with E-state index in [1.54, 1.807) is 7.11 Å². The average molecular weight is 582 g/mol. The molecule has 1 aromatic heterocycles. The molecule has 7 nitrogen and oxygen atoms in total. The number of para-hydroxylation sites is 1. The summed E-state index contributed by atoms with van der Waals surface area (Å²) in [4.78, 5) is 12.9. The van der Waals surface area contributed by atoms with E-state index in [0.29, 0.717) is 16.7 Å². The maximum Gasteiger partial charge on any atom is 0.234 e. The summed E-state index contributed by atoms with van der Waals surface area (Å²) in [5, 5.41) is 12.5. The number of thioether (sulfide) groups is 1. The molecule has 1 atom stereocenters. The standard InChI is InChI=1S/C28H29BrN4O3S/c1-18(2)24-16-20(29)10-15-25(24)30-26(34)17-37-28-32-31-27(33(28)21-8-6-5-7-9-21)19(3)36-23-13-11-22(35-4)12-14-23/h5-16,18-19H,17H2,1-4H3,(H,30,34). The molecule has 0 bridgehead atoms. The number of halogens is 1. The molecule has 1 unspecified atom stereocenters. The first-order valence-electron chi connectivity index (χ1n) is 11.9. The Balaban J connectivity index is 1.53. The molecule has 0 saturated carbocycles. The van der Waals surface area contributed by atoms with Crippen LogP contribution < -0.4 is 14.8 Å². The topological polar surface area (TPSA) is 78.3 Å². The second-order valence-corrected chi connectivity index (χ2v) is 10.5. The zero-order valence-electron chi connectivity index (χ0n) is 21.1. The van der Waals surface area contributed by atoms with Gasteiger partial charge in [-0.25, -0.2) is 0 Å². The third-order valence-electron chi connectivity index (χ3n) is 5.65. The van der Waals surface area contributed by atoms with E-state index in [-0.39, 0.29) is 23.7 Å². The fraction of sp³-hybridized carbons (Fsp3) is 0.250. The average Bonchev–Trinajstić information content (AvgIpc) is 3.33. The summed E-state index contributed by atoms with van der Waals surface area (Å²) in [6.45, 7) is 6.13. The SMILES string of the molecule is COc1ccc(OC(C)c2nnc(SCC(=O)Nc3ccc(Br)cc3C(C)C)n2-c2ccccc2)cc1. The molecule has 0 aliphatic rings. The fourth-order valence-corrected chi connectivity index (χ4v) is 4.95. The zero-order chi connectivity index (χ0) is 26.4. The van der Waals surface area contributed by atoms with Crippen LogP contribution in [0.5, 0.6) is 11.5 Å². The van der Waals surface area contributed by atoms with E-state index in [4.69, 9.17) is 9.47 Å². The number of hydrogen-bond donors (Lipinski definition) is 1. The Morgan fingerprint density at radius 1 is 1.00 bits per heavy atom. The number of hydrogen-bond acceptors (Lipinski definition) is 6. The van der Waals surface area contributed by atoms with Gasteiger partial charge in [0.2, 0.25) is 5.91 Å². The lowest BCUT2D eigenvalue weighted by atomic mass is 10.0. The van der Waals surface area contributed by atoms with Gasteiger partial charge in [-0.15, -0.1) is 10.2 Å². The van der Waals surface area contributed by atoms with Crippen molar-refractivity contribution in [1.29, 1.82) is 0 Å². The molecule has 0 fully saturated rings. The Labute approximate surface area is 229 Å². The van der Waals surface area contributed by atoms with E-state index < -0.39 is 0 Å². The van der Waals surface area contributed by atoms with Gasteiger partial charge < -0.3 is 14.8 Å². The van der Waals surface area contributed by atoms with E-state index in [1.165, 1.54) is 11.8 Å². The third kappa shape index (κ3) is 6.72. The quantitative estimate of drug-likeness (QED) is 0.203. The van der Waals surface area contributed by atoms with Crippen LogP contribution in [0.1, 0.15) is 44.2 Å². The second kappa shape index (κ2) is 12.3. The molecule has 37 heavy (non-hydrogen) atoms. The molecule has 0 spiro atoms. The van der Waals surface area contributed by atoms with Gasteiger partial charge >= 0.3 is 0 Å². The van der Waals surface area contributed by atoms with Crippen LogP contribution in [0.4, 0.5) is 5.69 Å². The van der Waals surface area contributed by atoms with Crippen molar-refractivity contribution in [3.05, 3.63) is 88.7 Å². The molecule has 4 rings (SSSR count). The van der Waals surface area contributed by atoms with Crippen LogP contribution >= 0.6 is 27.7 Å². The summed E-state index contributed by atoms with van der Waals surface area (Å²) in [5.74, 6) is 2.44. The maximum absolute atomic E-state index is 12.9. The van der Waals surface area contributed by atoms with Crippen LogP contribution in [0, 0.1) is 0 Å². The minimum atomic E-state index is -0.388. The second-order valence-electron chi connectivity index (χ2n) is 8.67. The Morgan fingerprint density at radius 3 is 2.38 bits per heavy atom. The molecular weight excluding hydrogens is 552 g/mol. The molecule has 1 heterocycles. The Hall–Kier alpha value is -3.30. The lowest BCUT2D eigenvalue weighted by Crippen LogP contribution is -2.16. The van der Waals surface area contributed by atoms with Crippen molar-refractivity contribution in [2.75, 3.05) is 18.2 Å². The van der Waals surface area contributed by atoms with Crippen LogP contribution in [0.25, 0.3) is 5.69 Å². The number of nitrogens with one attached hydrogen (secondary N) is 1. The van der Waals surface area contributed by atoms with Crippen molar-refractivity contribution in [1.82, 2.24) is 14.8 Å². The number of benzene rings is 3. The fourth-order valence-electron chi connectivity index (χ4n) is 3.81. The van der Waals surface area contributed by atoms with Crippen molar-refractivity contribution >= 4 is 39.3 Å². The van der Waals surface area contributed by atoms with E-state index in [2.05, 4.69) is 45.3 Å². The highest BCUT2D eigenvalue weighted by molar-refractivity contribution is 9.10. The highest BCUT2D eigenvalue weighted by atomic mass is 79.9. The third-order valence-corrected chi connectivity index (χ3v) is 7.07. The smallest absolute Gasteiger partial charge is 0.234 e. The molecule has 0 aliphatic heterocycles. The zero-order valence-corrected chi connectivity index (χ0v) is 23.5. The Bertz CT molecular complexity index is 1340. The molecule has 9 heteroatoms. The molecule has 3 aromatic carbocycles. The highest BCUT2D eigenvalue weighted by Gasteiger charge is 2.22. The van der Waals surface area contributed by atoms with Crippen molar-refractivity contribution in [2.24, 2.45) is 0 Å². The van der Waals surface area contributed by atoms with Gasteiger partial charge in [-0.3, -0.25) is 9.36 Å². The van der Waals surface area contributed by atoms with Crippen LogP contribution in [0.15, 0.2) is 82.4 Å². The normalized spacial score (nSPS) is 11.8. The summed E-state index contributed by atoms with van der Waals surface area (Å²) in [7, 11) is 1.63.